The van der Waals surface area contributed by atoms with Gasteiger partial charge in [0.2, 0.25) is 10.0 Å². The summed E-state index contributed by atoms with van der Waals surface area (Å²) in [5.41, 5.74) is 1.77. The van der Waals surface area contributed by atoms with Gasteiger partial charge in [-0.15, -0.1) is 0 Å². The fourth-order valence-electron chi connectivity index (χ4n) is 3.91. The third-order valence-corrected chi connectivity index (χ3v) is 7.87. The van der Waals surface area contributed by atoms with Crippen LogP contribution < -0.4 is 16.0 Å². The summed E-state index contributed by atoms with van der Waals surface area (Å²) in [5.74, 6) is -0.907. The first-order chi connectivity index (χ1) is 17.8. The van der Waals surface area contributed by atoms with Crippen LogP contribution in [0.1, 0.15) is 43.9 Å². The predicted molar refractivity (Wildman–Crippen MR) is 140 cm³/mol. The number of anilines is 1. The molecule has 0 unspecified atom stereocenters. The van der Waals surface area contributed by atoms with Gasteiger partial charge in [0.1, 0.15) is 0 Å². The molecule has 10 heteroatoms. The summed E-state index contributed by atoms with van der Waals surface area (Å²) in [4.78, 5) is 37.1. The summed E-state index contributed by atoms with van der Waals surface area (Å²) in [5, 5.41) is 8.22. The number of nitrogens with zero attached hydrogens (tertiary/aromatic N) is 1. The summed E-state index contributed by atoms with van der Waals surface area (Å²) in [6, 6.07) is 21.0. The molecule has 0 aromatic heterocycles. The molecule has 1 aliphatic rings. The first-order valence-electron chi connectivity index (χ1n) is 12.0. The minimum Gasteiger partial charge on any atom is -0.350 e. The van der Waals surface area contributed by atoms with Crippen molar-refractivity contribution in [3.8, 4) is 0 Å². The van der Waals surface area contributed by atoms with Crippen molar-refractivity contribution in [1.29, 1.82) is 0 Å². The van der Waals surface area contributed by atoms with Crippen molar-refractivity contribution in [2.24, 2.45) is 0 Å². The summed E-state index contributed by atoms with van der Waals surface area (Å²) in [7, 11) is -3.54. The SMILES string of the molecule is O=C(NCCNC(=O)c1ccc(NC(=O)c2ccc(S(=O)(=O)N3CCCC3)cc2)cc1)c1ccccc1. The normalized spacial score (nSPS) is 13.6. The molecule has 1 heterocycles. The van der Waals surface area contributed by atoms with Gasteiger partial charge in [0.05, 0.1) is 4.90 Å². The number of rotatable bonds is 9. The summed E-state index contributed by atoms with van der Waals surface area (Å²) >= 11 is 0. The molecule has 0 atom stereocenters. The van der Waals surface area contributed by atoms with Crippen LogP contribution in [0.4, 0.5) is 5.69 Å². The number of carbonyl (C=O) groups excluding carboxylic acids is 3. The number of nitrogens with one attached hydrogen (secondary N) is 3. The summed E-state index contributed by atoms with van der Waals surface area (Å²) in [6.07, 6.45) is 1.71. The lowest BCUT2D eigenvalue weighted by atomic mass is 10.1. The second-order valence-electron chi connectivity index (χ2n) is 8.54. The fraction of sp³-hybridized carbons (Fsp3) is 0.222. The summed E-state index contributed by atoms with van der Waals surface area (Å²) < 4.78 is 26.7. The number of hydrogen-bond acceptors (Lipinski definition) is 5. The van der Waals surface area contributed by atoms with Crippen LogP contribution in [0.5, 0.6) is 0 Å². The molecule has 1 saturated heterocycles. The van der Waals surface area contributed by atoms with E-state index in [0.717, 1.165) is 12.8 Å². The number of hydrogen-bond donors (Lipinski definition) is 3. The quantitative estimate of drug-likeness (QED) is 0.374. The van der Waals surface area contributed by atoms with E-state index >= 15 is 0 Å². The topological polar surface area (TPSA) is 125 Å². The Morgan fingerprint density at radius 1 is 0.649 bits per heavy atom. The maximum absolute atomic E-state index is 12.6. The highest BCUT2D eigenvalue weighted by Crippen LogP contribution is 2.21. The smallest absolute Gasteiger partial charge is 0.255 e. The van der Waals surface area contributed by atoms with E-state index in [0.29, 0.717) is 35.5 Å². The maximum atomic E-state index is 12.6. The van der Waals surface area contributed by atoms with Crippen molar-refractivity contribution in [3.63, 3.8) is 0 Å². The first kappa shape index (κ1) is 26.1. The Labute approximate surface area is 215 Å². The van der Waals surface area contributed by atoms with Gasteiger partial charge < -0.3 is 16.0 Å². The Morgan fingerprint density at radius 3 is 1.70 bits per heavy atom. The predicted octanol–water partition coefficient (Wildman–Crippen LogP) is 2.88. The van der Waals surface area contributed by atoms with Crippen molar-refractivity contribution < 1.29 is 22.8 Å². The number of benzene rings is 3. The van der Waals surface area contributed by atoms with Crippen LogP contribution >= 0.6 is 0 Å². The molecule has 0 spiro atoms. The van der Waals surface area contributed by atoms with E-state index in [1.165, 1.54) is 28.6 Å². The second kappa shape index (κ2) is 11.8. The zero-order chi connectivity index (χ0) is 26.3. The Morgan fingerprint density at radius 2 is 1.14 bits per heavy atom. The van der Waals surface area contributed by atoms with Gasteiger partial charge >= 0.3 is 0 Å². The van der Waals surface area contributed by atoms with Crippen LogP contribution in [0.25, 0.3) is 0 Å². The molecule has 3 amide bonds. The Balaban J connectivity index is 1.25. The third kappa shape index (κ3) is 6.60. The maximum Gasteiger partial charge on any atom is 0.255 e. The van der Waals surface area contributed by atoms with Crippen molar-refractivity contribution in [3.05, 3.63) is 95.6 Å². The van der Waals surface area contributed by atoms with Gasteiger partial charge in [0.25, 0.3) is 17.7 Å². The Kier molecular flexibility index (Phi) is 8.32. The van der Waals surface area contributed by atoms with Crippen LogP contribution in [0, 0.1) is 0 Å². The van der Waals surface area contributed by atoms with E-state index in [1.807, 2.05) is 6.07 Å². The molecule has 4 rings (SSSR count). The molecule has 1 fully saturated rings. The van der Waals surface area contributed by atoms with E-state index in [-0.39, 0.29) is 29.8 Å². The van der Waals surface area contributed by atoms with Crippen molar-refractivity contribution in [1.82, 2.24) is 14.9 Å². The van der Waals surface area contributed by atoms with Crippen LogP contribution in [0.3, 0.4) is 0 Å². The highest BCUT2D eigenvalue weighted by atomic mass is 32.2. The second-order valence-corrected chi connectivity index (χ2v) is 10.5. The molecule has 0 saturated carbocycles. The molecule has 37 heavy (non-hydrogen) atoms. The van der Waals surface area contributed by atoms with Crippen molar-refractivity contribution >= 4 is 33.4 Å². The number of sulfonamides is 1. The average molecular weight is 521 g/mol. The van der Waals surface area contributed by atoms with Gasteiger partial charge in [-0.2, -0.15) is 4.31 Å². The fourth-order valence-corrected chi connectivity index (χ4v) is 5.43. The lowest BCUT2D eigenvalue weighted by Crippen LogP contribution is -2.34. The zero-order valence-electron chi connectivity index (χ0n) is 20.1. The lowest BCUT2D eigenvalue weighted by Gasteiger charge is -2.15. The standard InChI is InChI=1S/C27H28N4O5S/c32-25(20-6-2-1-3-7-20)28-16-17-29-26(33)21-8-12-23(13-9-21)30-27(34)22-10-14-24(15-11-22)37(35,36)31-18-4-5-19-31/h1-3,6-15H,4-5,16-19H2,(H,28,32)(H,29,33)(H,30,34). The van der Waals surface area contributed by atoms with Gasteiger partial charge in [-0.3, -0.25) is 14.4 Å². The molecule has 0 bridgehead atoms. The zero-order valence-corrected chi connectivity index (χ0v) is 21.0. The molecule has 9 nitrogen and oxygen atoms in total. The molecule has 3 aromatic rings. The average Bonchev–Trinajstić information content (AvgIpc) is 3.48. The van der Waals surface area contributed by atoms with E-state index in [1.54, 1.807) is 48.5 Å². The molecular formula is C27H28N4O5S. The Hall–Kier alpha value is -4.02. The van der Waals surface area contributed by atoms with E-state index in [4.69, 9.17) is 0 Å². The lowest BCUT2D eigenvalue weighted by molar-refractivity contribution is 0.0927. The van der Waals surface area contributed by atoms with Crippen molar-refractivity contribution in [2.75, 3.05) is 31.5 Å². The highest BCUT2D eigenvalue weighted by molar-refractivity contribution is 7.89. The van der Waals surface area contributed by atoms with Crippen LogP contribution in [-0.2, 0) is 10.0 Å². The van der Waals surface area contributed by atoms with Crippen molar-refractivity contribution in [2.45, 2.75) is 17.7 Å². The molecule has 192 valence electrons. The molecule has 3 N–H and O–H groups in total. The van der Waals surface area contributed by atoms with Gasteiger partial charge in [0, 0.05) is 48.6 Å². The third-order valence-electron chi connectivity index (χ3n) is 5.96. The van der Waals surface area contributed by atoms with Gasteiger partial charge in [-0.05, 0) is 73.5 Å². The van der Waals surface area contributed by atoms with Crippen LogP contribution in [-0.4, -0.2) is 56.6 Å². The molecular weight excluding hydrogens is 492 g/mol. The number of carbonyl (C=O) groups is 3. The minimum absolute atomic E-state index is 0.168. The number of amides is 3. The Bertz CT molecular complexity index is 1350. The monoisotopic (exact) mass is 520 g/mol. The van der Waals surface area contributed by atoms with E-state index in [9.17, 15) is 22.8 Å². The molecule has 3 aromatic carbocycles. The molecule has 0 aliphatic carbocycles. The van der Waals surface area contributed by atoms with Crippen LogP contribution in [0.2, 0.25) is 0 Å². The van der Waals surface area contributed by atoms with Gasteiger partial charge in [-0.25, -0.2) is 8.42 Å². The van der Waals surface area contributed by atoms with Crippen LogP contribution in [0.15, 0.2) is 83.8 Å². The minimum atomic E-state index is -3.54. The first-order valence-corrected chi connectivity index (χ1v) is 13.4. The van der Waals surface area contributed by atoms with Gasteiger partial charge in [-0.1, -0.05) is 18.2 Å². The van der Waals surface area contributed by atoms with E-state index in [2.05, 4.69) is 16.0 Å². The summed E-state index contributed by atoms with van der Waals surface area (Å²) in [6.45, 7) is 1.58. The molecule has 0 radical (unpaired) electrons. The van der Waals surface area contributed by atoms with E-state index < -0.39 is 15.9 Å². The largest absolute Gasteiger partial charge is 0.350 e. The molecule has 1 aliphatic heterocycles. The van der Waals surface area contributed by atoms with Gasteiger partial charge in [0.15, 0.2) is 0 Å². The highest BCUT2D eigenvalue weighted by Gasteiger charge is 2.27.